The molecule has 11 nitrogen and oxygen atoms in total. The number of hydrogen-bond acceptors (Lipinski definition) is 8. The molecule has 2 N–H and O–H groups in total. The van der Waals surface area contributed by atoms with Crippen molar-refractivity contribution in [2.75, 3.05) is 33.4 Å². The number of benzene rings is 1. The van der Waals surface area contributed by atoms with E-state index in [0.717, 1.165) is 19.3 Å². The maximum atomic E-state index is 14.6. The SMILES string of the molecule is C=CCCC(=O)N[C@H](COC)[C@H](OC(=O)[C@@H]1[C@H]2O[C@@]3(CC2Br)[C@H](C(=O)N(CC=C)CCCCC)N([C@@H](CC)CO)C(=O)[C@@H]13)c1ccccc1. The Morgan fingerprint density at radius 3 is 2.55 bits per heavy atom. The molecule has 9 atom stereocenters. The van der Waals surface area contributed by atoms with E-state index in [1.54, 1.807) is 29.2 Å². The van der Waals surface area contributed by atoms with Gasteiger partial charge in [0.15, 0.2) is 0 Å². The summed E-state index contributed by atoms with van der Waals surface area (Å²) in [6, 6.07) is 6.65. The predicted molar refractivity (Wildman–Crippen MR) is 189 cm³/mol. The summed E-state index contributed by atoms with van der Waals surface area (Å²) in [7, 11) is 1.50. The average Bonchev–Trinajstić information content (AvgIpc) is 3.69. The number of unbranched alkanes of at least 4 members (excludes halogenated alkanes) is 2. The minimum absolute atomic E-state index is 0.0564. The molecule has 3 heterocycles. The number of amides is 3. The van der Waals surface area contributed by atoms with E-state index in [-0.39, 0.29) is 36.3 Å². The zero-order valence-corrected chi connectivity index (χ0v) is 30.5. The van der Waals surface area contributed by atoms with Crippen LogP contribution in [0, 0.1) is 11.8 Å². The van der Waals surface area contributed by atoms with Crippen LogP contribution in [-0.4, -0.2) is 107 Å². The van der Waals surface area contributed by atoms with Crippen LogP contribution in [0.15, 0.2) is 55.6 Å². The molecule has 0 aromatic heterocycles. The van der Waals surface area contributed by atoms with E-state index in [2.05, 4.69) is 41.3 Å². The number of carbonyl (C=O) groups excluding carboxylic acids is 4. The van der Waals surface area contributed by atoms with Crippen LogP contribution in [0.5, 0.6) is 0 Å². The number of ether oxygens (including phenoxy) is 3. The number of aliphatic hydroxyl groups is 1. The molecular formula is C37H52BrN3O8. The molecule has 4 rings (SSSR count). The summed E-state index contributed by atoms with van der Waals surface area (Å²) >= 11 is 3.73. The van der Waals surface area contributed by atoms with Crippen molar-refractivity contribution in [1.82, 2.24) is 15.1 Å². The molecule has 3 fully saturated rings. The van der Waals surface area contributed by atoms with E-state index in [1.807, 2.05) is 25.1 Å². The minimum Gasteiger partial charge on any atom is -0.455 e. The van der Waals surface area contributed by atoms with Gasteiger partial charge in [0.1, 0.15) is 17.7 Å². The highest BCUT2D eigenvalue weighted by Gasteiger charge is 2.77. The fourth-order valence-electron chi connectivity index (χ4n) is 7.72. The number of nitrogens with one attached hydrogen (secondary N) is 1. The van der Waals surface area contributed by atoms with Crippen LogP contribution in [0.25, 0.3) is 0 Å². The van der Waals surface area contributed by atoms with Crippen molar-refractivity contribution in [3.63, 3.8) is 0 Å². The Morgan fingerprint density at radius 2 is 1.94 bits per heavy atom. The highest BCUT2D eigenvalue weighted by atomic mass is 79.9. The molecule has 3 aliphatic heterocycles. The maximum absolute atomic E-state index is 14.6. The van der Waals surface area contributed by atoms with Gasteiger partial charge in [-0.05, 0) is 31.2 Å². The largest absolute Gasteiger partial charge is 0.455 e. The molecule has 3 saturated heterocycles. The van der Waals surface area contributed by atoms with Crippen LogP contribution in [0.3, 0.4) is 0 Å². The van der Waals surface area contributed by atoms with Gasteiger partial charge in [-0.25, -0.2) is 0 Å². The minimum atomic E-state index is -1.31. The predicted octanol–water partition coefficient (Wildman–Crippen LogP) is 4.09. The number of methoxy groups -OCH3 is 1. The van der Waals surface area contributed by atoms with Crippen molar-refractivity contribution in [3.8, 4) is 0 Å². The number of allylic oxidation sites excluding steroid dienone is 1. The molecular weight excluding hydrogens is 694 g/mol. The van der Waals surface area contributed by atoms with Crippen molar-refractivity contribution in [1.29, 1.82) is 0 Å². The van der Waals surface area contributed by atoms with Gasteiger partial charge in [-0.1, -0.05) is 85.1 Å². The average molecular weight is 747 g/mol. The van der Waals surface area contributed by atoms with Gasteiger partial charge in [-0.2, -0.15) is 0 Å². The van der Waals surface area contributed by atoms with E-state index in [9.17, 15) is 24.3 Å². The fourth-order valence-corrected chi connectivity index (χ4v) is 8.66. The molecule has 0 radical (unpaired) electrons. The molecule has 3 amide bonds. The second-order valence-corrected chi connectivity index (χ2v) is 14.3. The highest BCUT2D eigenvalue weighted by molar-refractivity contribution is 9.09. The quantitative estimate of drug-likeness (QED) is 0.0883. The Bertz CT molecular complexity index is 1330. The second kappa shape index (κ2) is 17.7. The molecule has 0 aliphatic carbocycles. The van der Waals surface area contributed by atoms with Gasteiger partial charge in [-0.3, -0.25) is 19.2 Å². The summed E-state index contributed by atoms with van der Waals surface area (Å²) < 4.78 is 18.5. The fraction of sp³-hybridized carbons (Fsp3) is 0.622. The van der Waals surface area contributed by atoms with Gasteiger partial charge in [0.25, 0.3) is 0 Å². The van der Waals surface area contributed by atoms with E-state index >= 15 is 0 Å². The standard InChI is InChI=1S/C37H52BrN3O8/c1-6-10-15-20-40(19-8-3)35(45)33-37-21-26(38)32(49-37)29(30(37)34(44)41(33)25(9-4)22-42)36(46)48-31(24-16-13-12-14-17-24)27(23-47-5)39-28(43)18-11-7-2/h7-8,12-14,16-17,25-27,29-33,42H,2-3,6,9-11,15,18-23H2,1,4-5H3,(H,39,43)/t25-,26?,27+,29-,30+,31+,32-,33-,37+/m0/s1. The van der Waals surface area contributed by atoms with Crippen molar-refractivity contribution in [3.05, 3.63) is 61.2 Å². The first-order chi connectivity index (χ1) is 23.6. The lowest BCUT2D eigenvalue weighted by Gasteiger charge is -2.39. The Balaban J connectivity index is 1.73. The third kappa shape index (κ3) is 7.97. The summed E-state index contributed by atoms with van der Waals surface area (Å²) in [6.45, 7) is 12.0. The van der Waals surface area contributed by atoms with Crippen molar-refractivity contribution in [2.45, 2.75) is 99.6 Å². The molecule has 2 bridgehead atoms. The zero-order valence-electron chi connectivity index (χ0n) is 28.9. The number of fused-ring (bicyclic) bond motifs is 1. The summed E-state index contributed by atoms with van der Waals surface area (Å²) in [5.41, 5.74) is -0.668. The van der Waals surface area contributed by atoms with E-state index in [0.29, 0.717) is 37.9 Å². The van der Waals surface area contributed by atoms with Gasteiger partial charge < -0.3 is 34.4 Å². The molecule has 1 aromatic carbocycles. The highest BCUT2D eigenvalue weighted by Crippen LogP contribution is 2.61. The molecule has 1 unspecified atom stereocenters. The van der Waals surface area contributed by atoms with E-state index in [1.165, 1.54) is 12.0 Å². The number of halogens is 1. The topological polar surface area (TPSA) is 135 Å². The number of esters is 1. The Labute approximate surface area is 298 Å². The van der Waals surface area contributed by atoms with Crippen LogP contribution in [0.4, 0.5) is 0 Å². The van der Waals surface area contributed by atoms with E-state index < -0.39 is 59.6 Å². The van der Waals surface area contributed by atoms with Crippen LogP contribution in [0.2, 0.25) is 0 Å². The third-order valence-electron chi connectivity index (χ3n) is 10.0. The van der Waals surface area contributed by atoms with Crippen molar-refractivity contribution in [2.24, 2.45) is 11.8 Å². The van der Waals surface area contributed by atoms with Gasteiger partial charge in [-0.15, -0.1) is 13.2 Å². The summed E-state index contributed by atoms with van der Waals surface area (Å²) in [4.78, 5) is 59.3. The number of rotatable bonds is 20. The molecule has 49 heavy (non-hydrogen) atoms. The summed E-state index contributed by atoms with van der Waals surface area (Å²) in [5.74, 6) is -3.65. The monoisotopic (exact) mass is 745 g/mol. The maximum Gasteiger partial charge on any atom is 0.313 e. The first-order valence-electron chi connectivity index (χ1n) is 17.4. The number of likely N-dealkylation sites (tertiary alicyclic amines) is 1. The van der Waals surface area contributed by atoms with Gasteiger partial charge in [0, 0.05) is 31.4 Å². The molecule has 270 valence electrons. The lowest BCUT2D eigenvalue weighted by atomic mass is 9.70. The third-order valence-corrected chi connectivity index (χ3v) is 10.9. The van der Waals surface area contributed by atoms with Crippen molar-refractivity contribution >= 4 is 39.6 Å². The Kier molecular flexibility index (Phi) is 14.0. The lowest BCUT2D eigenvalue weighted by Crippen LogP contribution is -2.59. The number of carbonyl (C=O) groups is 4. The normalized spacial score (nSPS) is 27.2. The zero-order chi connectivity index (χ0) is 35.7. The van der Waals surface area contributed by atoms with Crippen LogP contribution < -0.4 is 5.32 Å². The lowest BCUT2D eigenvalue weighted by molar-refractivity contribution is -0.163. The van der Waals surface area contributed by atoms with Gasteiger partial charge in [0.2, 0.25) is 17.7 Å². The molecule has 12 heteroatoms. The first-order valence-corrected chi connectivity index (χ1v) is 18.3. The van der Waals surface area contributed by atoms with Gasteiger partial charge in [0.05, 0.1) is 43.2 Å². The number of hydrogen-bond donors (Lipinski definition) is 2. The summed E-state index contributed by atoms with van der Waals surface area (Å²) in [5, 5.41) is 13.4. The number of nitrogens with zero attached hydrogens (tertiary/aromatic N) is 2. The van der Waals surface area contributed by atoms with Crippen molar-refractivity contribution < 1.29 is 38.5 Å². The van der Waals surface area contributed by atoms with Gasteiger partial charge >= 0.3 is 5.97 Å². The second-order valence-electron chi connectivity index (χ2n) is 13.2. The molecule has 1 aromatic rings. The molecule has 1 spiro atoms. The van der Waals surface area contributed by atoms with Crippen LogP contribution in [-0.2, 0) is 33.4 Å². The van der Waals surface area contributed by atoms with Crippen LogP contribution >= 0.6 is 15.9 Å². The van der Waals surface area contributed by atoms with E-state index in [4.69, 9.17) is 14.2 Å². The Hall–Kier alpha value is -3.06. The first kappa shape index (κ1) is 38.7. The number of alkyl halides is 1. The Morgan fingerprint density at radius 1 is 1.20 bits per heavy atom. The summed E-state index contributed by atoms with van der Waals surface area (Å²) in [6.07, 6.45) is 5.77. The molecule has 3 aliphatic rings. The smallest absolute Gasteiger partial charge is 0.313 e. The number of aliphatic hydroxyl groups excluding tert-OH is 1. The van der Waals surface area contributed by atoms with Crippen LogP contribution in [0.1, 0.15) is 70.5 Å². The molecule has 0 saturated carbocycles.